The minimum atomic E-state index is -4.35. The first-order valence-corrected chi connectivity index (χ1v) is 8.48. The van der Waals surface area contributed by atoms with E-state index in [4.69, 9.17) is 0 Å². The standard InChI is InChI=1S/C8H15NO8S2/c1-16-7(10)4-9(5-8(11)17-2)19(14,15)6-18(3,12)13/h4-6H2,1-3H3. The van der Waals surface area contributed by atoms with Gasteiger partial charge in [-0.25, -0.2) is 16.8 Å². The van der Waals surface area contributed by atoms with Crippen LogP contribution in [0.15, 0.2) is 0 Å². The van der Waals surface area contributed by atoms with Crippen molar-refractivity contribution in [3.8, 4) is 0 Å². The molecule has 0 heterocycles. The molecule has 0 aliphatic carbocycles. The molecule has 0 spiro atoms. The molecule has 9 nitrogen and oxygen atoms in total. The van der Waals surface area contributed by atoms with Crippen molar-refractivity contribution in [3.05, 3.63) is 0 Å². The van der Waals surface area contributed by atoms with Crippen molar-refractivity contribution in [2.45, 2.75) is 0 Å². The number of esters is 2. The number of methoxy groups -OCH3 is 2. The van der Waals surface area contributed by atoms with Gasteiger partial charge >= 0.3 is 11.9 Å². The Morgan fingerprint density at radius 2 is 1.32 bits per heavy atom. The van der Waals surface area contributed by atoms with E-state index in [2.05, 4.69) is 9.47 Å². The molecule has 0 radical (unpaired) electrons. The van der Waals surface area contributed by atoms with Gasteiger partial charge in [0.05, 0.1) is 14.2 Å². The molecular weight excluding hydrogens is 302 g/mol. The lowest BCUT2D eigenvalue weighted by Gasteiger charge is -2.19. The second kappa shape index (κ2) is 6.82. The Morgan fingerprint density at radius 1 is 0.947 bits per heavy atom. The number of hydrogen-bond acceptors (Lipinski definition) is 8. The zero-order chi connectivity index (χ0) is 15.3. The van der Waals surface area contributed by atoms with Gasteiger partial charge in [0.2, 0.25) is 10.0 Å². The predicted molar refractivity (Wildman–Crippen MR) is 64.2 cm³/mol. The van der Waals surface area contributed by atoms with Crippen LogP contribution in [0.5, 0.6) is 0 Å². The average Bonchev–Trinajstić information content (AvgIpc) is 2.24. The third kappa shape index (κ3) is 7.08. The second-order valence-electron chi connectivity index (χ2n) is 3.58. The minimum absolute atomic E-state index is 0.395. The highest BCUT2D eigenvalue weighted by Crippen LogP contribution is 2.05. The fourth-order valence-electron chi connectivity index (χ4n) is 1.01. The molecule has 19 heavy (non-hydrogen) atoms. The van der Waals surface area contributed by atoms with Crippen LogP contribution in [0.2, 0.25) is 0 Å². The van der Waals surface area contributed by atoms with Crippen molar-refractivity contribution in [2.24, 2.45) is 0 Å². The molecule has 0 atom stereocenters. The van der Waals surface area contributed by atoms with E-state index in [1.165, 1.54) is 0 Å². The largest absolute Gasteiger partial charge is 0.468 e. The summed E-state index contributed by atoms with van der Waals surface area (Å²) >= 11 is 0. The molecule has 11 heteroatoms. The van der Waals surface area contributed by atoms with Crippen molar-refractivity contribution in [2.75, 3.05) is 38.6 Å². The smallest absolute Gasteiger partial charge is 0.321 e. The van der Waals surface area contributed by atoms with Gasteiger partial charge in [0.15, 0.2) is 14.9 Å². The first-order valence-electron chi connectivity index (χ1n) is 4.81. The summed E-state index contributed by atoms with van der Waals surface area (Å²) in [6, 6.07) is 0. The van der Waals surface area contributed by atoms with Gasteiger partial charge < -0.3 is 9.47 Å². The van der Waals surface area contributed by atoms with E-state index >= 15 is 0 Å². The molecule has 0 unspecified atom stereocenters. The lowest BCUT2D eigenvalue weighted by Crippen LogP contribution is -2.42. The lowest BCUT2D eigenvalue weighted by atomic mass is 10.6. The molecule has 0 N–H and O–H groups in total. The van der Waals surface area contributed by atoms with E-state index in [-0.39, 0.29) is 0 Å². The number of sulfonamides is 1. The number of ether oxygens (including phenoxy) is 2. The lowest BCUT2D eigenvalue weighted by molar-refractivity contribution is -0.143. The zero-order valence-corrected chi connectivity index (χ0v) is 12.3. The Morgan fingerprint density at radius 3 is 1.58 bits per heavy atom. The fraction of sp³-hybridized carbons (Fsp3) is 0.750. The Labute approximate surface area is 111 Å². The summed E-state index contributed by atoms with van der Waals surface area (Å²) in [6.45, 7) is -1.55. The molecule has 0 aromatic rings. The summed E-state index contributed by atoms with van der Waals surface area (Å²) in [5.74, 6) is -1.86. The predicted octanol–water partition coefficient (Wildman–Crippen LogP) is -2.03. The van der Waals surface area contributed by atoms with Crippen molar-refractivity contribution in [1.82, 2.24) is 4.31 Å². The van der Waals surface area contributed by atoms with Crippen LogP contribution in [0.25, 0.3) is 0 Å². The van der Waals surface area contributed by atoms with Gasteiger partial charge in [-0.3, -0.25) is 9.59 Å². The molecule has 0 rings (SSSR count). The summed E-state index contributed by atoms with van der Waals surface area (Å²) in [4.78, 5) is 22.1. The van der Waals surface area contributed by atoms with Gasteiger partial charge in [-0.15, -0.1) is 0 Å². The number of rotatable bonds is 7. The van der Waals surface area contributed by atoms with Crippen LogP contribution in [0, 0.1) is 0 Å². The van der Waals surface area contributed by atoms with Gasteiger partial charge in [-0.1, -0.05) is 0 Å². The number of carbonyl (C=O) groups excluding carboxylic acids is 2. The summed E-state index contributed by atoms with van der Waals surface area (Å²) < 4.78 is 54.6. The molecule has 0 aromatic carbocycles. The Bertz CT molecular complexity index is 517. The Kier molecular flexibility index (Phi) is 6.39. The third-order valence-electron chi connectivity index (χ3n) is 1.82. The van der Waals surface area contributed by atoms with Crippen LogP contribution in [-0.2, 0) is 38.9 Å². The number of hydrogen-bond donors (Lipinski definition) is 0. The van der Waals surface area contributed by atoms with E-state index in [0.717, 1.165) is 20.5 Å². The number of sulfone groups is 1. The molecule has 0 aliphatic rings. The van der Waals surface area contributed by atoms with Crippen molar-refractivity contribution in [3.63, 3.8) is 0 Å². The maximum absolute atomic E-state index is 11.8. The van der Waals surface area contributed by atoms with E-state index in [1.54, 1.807) is 0 Å². The molecule has 0 amide bonds. The summed E-state index contributed by atoms with van der Waals surface area (Å²) in [7, 11) is -6.13. The van der Waals surface area contributed by atoms with Crippen LogP contribution in [0.3, 0.4) is 0 Å². The van der Waals surface area contributed by atoms with Crippen molar-refractivity contribution in [1.29, 1.82) is 0 Å². The normalized spacial score (nSPS) is 12.2. The van der Waals surface area contributed by atoms with Gasteiger partial charge in [-0.05, 0) is 0 Å². The molecule has 112 valence electrons. The summed E-state index contributed by atoms with van der Waals surface area (Å²) in [5, 5.41) is -1.21. The molecule has 0 bridgehead atoms. The SMILES string of the molecule is COC(=O)CN(CC(=O)OC)S(=O)(=O)CS(C)(=O)=O. The first-order chi connectivity index (χ1) is 8.51. The third-order valence-corrected chi connectivity index (χ3v) is 5.77. The fourth-order valence-corrected chi connectivity index (χ4v) is 4.38. The van der Waals surface area contributed by atoms with Crippen LogP contribution in [-0.4, -0.2) is 71.7 Å². The van der Waals surface area contributed by atoms with E-state index < -0.39 is 50.0 Å². The summed E-state index contributed by atoms with van der Waals surface area (Å²) in [6.07, 6.45) is 0.721. The van der Waals surface area contributed by atoms with Crippen molar-refractivity contribution >= 4 is 31.8 Å². The Hall–Kier alpha value is -1.20. The van der Waals surface area contributed by atoms with Crippen LogP contribution >= 0.6 is 0 Å². The van der Waals surface area contributed by atoms with E-state index in [1.807, 2.05) is 0 Å². The molecule has 0 aromatic heterocycles. The number of nitrogens with zero attached hydrogens (tertiary/aromatic N) is 1. The van der Waals surface area contributed by atoms with Crippen LogP contribution in [0.1, 0.15) is 0 Å². The monoisotopic (exact) mass is 317 g/mol. The topological polar surface area (TPSA) is 124 Å². The highest BCUT2D eigenvalue weighted by molar-refractivity contribution is 8.06. The molecule has 0 saturated heterocycles. The van der Waals surface area contributed by atoms with Crippen LogP contribution in [0.4, 0.5) is 0 Å². The van der Waals surface area contributed by atoms with Gasteiger partial charge in [0, 0.05) is 6.26 Å². The average molecular weight is 317 g/mol. The molecule has 0 saturated carbocycles. The first kappa shape index (κ1) is 17.8. The van der Waals surface area contributed by atoms with Gasteiger partial charge in [0.25, 0.3) is 0 Å². The molecular formula is C8H15NO8S2. The summed E-state index contributed by atoms with van der Waals surface area (Å²) in [5.41, 5.74) is 0. The highest BCUT2D eigenvalue weighted by atomic mass is 32.3. The van der Waals surface area contributed by atoms with E-state index in [9.17, 15) is 26.4 Å². The quantitative estimate of drug-likeness (QED) is 0.492. The van der Waals surface area contributed by atoms with Gasteiger partial charge in [0.1, 0.15) is 13.1 Å². The Balaban J connectivity index is 5.21. The maximum Gasteiger partial charge on any atom is 0.321 e. The minimum Gasteiger partial charge on any atom is -0.468 e. The van der Waals surface area contributed by atoms with Crippen molar-refractivity contribution < 1.29 is 35.9 Å². The van der Waals surface area contributed by atoms with Crippen LogP contribution < -0.4 is 0 Å². The number of carbonyl (C=O) groups is 2. The highest BCUT2D eigenvalue weighted by Gasteiger charge is 2.30. The zero-order valence-electron chi connectivity index (χ0n) is 10.7. The molecule has 0 aliphatic heterocycles. The molecule has 0 fully saturated rings. The van der Waals surface area contributed by atoms with E-state index in [0.29, 0.717) is 4.31 Å². The maximum atomic E-state index is 11.8. The second-order valence-corrected chi connectivity index (χ2v) is 8.05. The van der Waals surface area contributed by atoms with Gasteiger partial charge in [-0.2, -0.15) is 4.31 Å².